The molecule has 6 nitrogen and oxygen atoms in total. The fourth-order valence-electron chi connectivity index (χ4n) is 2.95. The van der Waals surface area contributed by atoms with Gasteiger partial charge in [-0.2, -0.15) is 18.4 Å². The summed E-state index contributed by atoms with van der Waals surface area (Å²) in [4.78, 5) is 20.2. The maximum absolute atomic E-state index is 12.8. The van der Waals surface area contributed by atoms with Crippen molar-refractivity contribution in [3.8, 4) is 6.07 Å². The summed E-state index contributed by atoms with van der Waals surface area (Å²) in [5, 5.41) is 11.6. The molecule has 0 saturated heterocycles. The molecule has 9 heteroatoms. The molecule has 0 fully saturated rings. The lowest BCUT2D eigenvalue weighted by molar-refractivity contribution is -0.144. The number of nitrogens with zero attached hydrogens (tertiary/aromatic N) is 3. The van der Waals surface area contributed by atoms with Crippen molar-refractivity contribution in [2.24, 2.45) is 0 Å². The van der Waals surface area contributed by atoms with Crippen molar-refractivity contribution in [2.75, 3.05) is 11.9 Å². The number of anilines is 1. The summed E-state index contributed by atoms with van der Waals surface area (Å²) in [6.07, 6.45) is -4.56. The van der Waals surface area contributed by atoms with Gasteiger partial charge in [0.2, 0.25) is 11.7 Å². The van der Waals surface area contributed by atoms with Crippen molar-refractivity contribution in [1.29, 1.82) is 5.26 Å². The van der Waals surface area contributed by atoms with E-state index in [2.05, 4.69) is 21.4 Å². The van der Waals surface area contributed by atoms with Crippen LogP contribution < -0.4 is 5.32 Å². The summed E-state index contributed by atoms with van der Waals surface area (Å²) < 4.78 is 38.4. The number of fused-ring (bicyclic) bond motifs is 1. The molecule has 30 heavy (non-hydrogen) atoms. The topological polar surface area (TPSA) is 84.8 Å². The molecule has 0 atom stereocenters. The van der Waals surface area contributed by atoms with Gasteiger partial charge in [-0.05, 0) is 49.7 Å². The zero-order chi connectivity index (χ0) is 21.9. The fraction of sp³-hybridized carbons (Fsp3) is 0.286. The molecule has 0 aliphatic carbocycles. The Balaban J connectivity index is 1.68. The molecule has 0 saturated carbocycles. The van der Waals surface area contributed by atoms with Crippen LogP contribution >= 0.6 is 0 Å². The number of nitrogens with one attached hydrogen (secondary N) is 2. The summed E-state index contributed by atoms with van der Waals surface area (Å²) in [5.74, 6) is -1.36. The van der Waals surface area contributed by atoms with Gasteiger partial charge in [0.05, 0.1) is 29.2 Å². The van der Waals surface area contributed by atoms with Gasteiger partial charge >= 0.3 is 6.18 Å². The Morgan fingerprint density at radius 1 is 1.23 bits per heavy atom. The minimum Gasteiger partial charge on any atom is -0.334 e. The third-order valence-electron chi connectivity index (χ3n) is 4.58. The molecule has 1 aromatic heterocycles. The number of amides is 1. The quantitative estimate of drug-likeness (QED) is 0.629. The zero-order valence-corrected chi connectivity index (χ0v) is 16.4. The maximum Gasteiger partial charge on any atom is 0.449 e. The van der Waals surface area contributed by atoms with Gasteiger partial charge in [0.15, 0.2) is 0 Å². The van der Waals surface area contributed by atoms with Crippen LogP contribution in [0.15, 0.2) is 42.5 Å². The second kappa shape index (κ2) is 8.55. The highest BCUT2D eigenvalue weighted by Crippen LogP contribution is 2.29. The van der Waals surface area contributed by atoms with Gasteiger partial charge in [-0.3, -0.25) is 9.69 Å². The number of hydrogen-bond donors (Lipinski definition) is 2. The van der Waals surface area contributed by atoms with E-state index in [1.54, 1.807) is 12.1 Å². The number of imidazole rings is 1. The number of H-pyrrole nitrogens is 1. The molecule has 3 aromatic rings. The number of hydrogen-bond acceptors (Lipinski definition) is 4. The van der Waals surface area contributed by atoms with E-state index in [9.17, 15) is 18.0 Å². The Labute approximate surface area is 171 Å². The largest absolute Gasteiger partial charge is 0.449 e. The molecule has 0 aliphatic rings. The van der Waals surface area contributed by atoms with Crippen molar-refractivity contribution in [3.05, 3.63) is 59.4 Å². The summed E-state index contributed by atoms with van der Waals surface area (Å²) in [5.41, 5.74) is 2.28. The highest BCUT2D eigenvalue weighted by atomic mass is 19.4. The lowest BCUT2D eigenvalue weighted by atomic mass is 10.1. The van der Waals surface area contributed by atoms with Gasteiger partial charge in [-0.25, -0.2) is 4.98 Å². The van der Waals surface area contributed by atoms with E-state index in [0.717, 1.165) is 5.56 Å². The minimum absolute atomic E-state index is 0.0795. The smallest absolute Gasteiger partial charge is 0.334 e. The van der Waals surface area contributed by atoms with Crippen molar-refractivity contribution < 1.29 is 18.0 Å². The highest BCUT2D eigenvalue weighted by molar-refractivity contribution is 5.94. The van der Waals surface area contributed by atoms with Crippen molar-refractivity contribution in [3.63, 3.8) is 0 Å². The van der Waals surface area contributed by atoms with Crippen LogP contribution in [-0.2, 0) is 17.5 Å². The SMILES string of the molecule is CC(C)N(CC(=O)Nc1ccc2nc(C(F)(F)F)[nH]c2c1)Cc1ccc(C#N)cc1. The normalized spacial score (nSPS) is 11.8. The summed E-state index contributed by atoms with van der Waals surface area (Å²) in [6, 6.07) is 13.6. The number of aromatic amines is 1. The van der Waals surface area contributed by atoms with Crippen LogP contribution in [0, 0.1) is 11.3 Å². The average molecular weight is 415 g/mol. The molecular formula is C21H20F3N5O. The van der Waals surface area contributed by atoms with Crippen LogP contribution in [0.25, 0.3) is 11.0 Å². The lowest BCUT2D eigenvalue weighted by Gasteiger charge is -2.26. The van der Waals surface area contributed by atoms with Gasteiger partial charge in [-0.1, -0.05) is 12.1 Å². The standard InChI is InChI=1S/C21H20F3N5O/c1-13(2)29(11-15-5-3-14(10-25)4-6-15)12-19(30)26-16-7-8-17-18(9-16)28-20(27-17)21(22,23)24/h3-9,13H,11-12H2,1-2H3,(H,26,30)(H,27,28). The lowest BCUT2D eigenvalue weighted by Crippen LogP contribution is -2.37. The summed E-state index contributed by atoms with van der Waals surface area (Å²) in [6.45, 7) is 4.55. The number of alkyl halides is 3. The number of nitriles is 1. The number of rotatable bonds is 6. The Morgan fingerprint density at radius 2 is 1.93 bits per heavy atom. The van der Waals surface area contributed by atoms with E-state index >= 15 is 0 Å². The molecule has 2 N–H and O–H groups in total. The van der Waals surface area contributed by atoms with Crippen LogP contribution in [0.3, 0.4) is 0 Å². The molecule has 0 unspecified atom stereocenters. The summed E-state index contributed by atoms with van der Waals surface area (Å²) >= 11 is 0. The van der Waals surface area contributed by atoms with Gasteiger partial charge in [-0.15, -0.1) is 0 Å². The first-order valence-electron chi connectivity index (χ1n) is 9.25. The van der Waals surface area contributed by atoms with E-state index in [1.165, 1.54) is 18.2 Å². The molecule has 156 valence electrons. The summed E-state index contributed by atoms with van der Waals surface area (Å²) in [7, 11) is 0. The molecule has 2 aromatic carbocycles. The Kier molecular flexibility index (Phi) is 6.08. The first-order chi connectivity index (χ1) is 14.2. The molecule has 3 rings (SSSR count). The van der Waals surface area contributed by atoms with Gasteiger partial charge in [0, 0.05) is 18.3 Å². The highest BCUT2D eigenvalue weighted by Gasteiger charge is 2.34. The predicted molar refractivity (Wildman–Crippen MR) is 106 cm³/mol. The van der Waals surface area contributed by atoms with E-state index in [1.807, 2.05) is 30.9 Å². The minimum atomic E-state index is -4.56. The van der Waals surface area contributed by atoms with Crippen LogP contribution in [0.1, 0.15) is 30.8 Å². The van der Waals surface area contributed by atoms with E-state index in [0.29, 0.717) is 17.8 Å². The first kappa shape index (κ1) is 21.3. The number of halogens is 3. The van der Waals surface area contributed by atoms with Gasteiger partial charge in [0.25, 0.3) is 0 Å². The first-order valence-corrected chi connectivity index (χ1v) is 9.25. The predicted octanol–water partition coefficient (Wildman–Crippen LogP) is 4.30. The van der Waals surface area contributed by atoms with Crippen LogP contribution in [-0.4, -0.2) is 33.4 Å². The monoisotopic (exact) mass is 415 g/mol. The fourth-order valence-corrected chi connectivity index (χ4v) is 2.95. The van der Waals surface area contributed by atoms with Crippen LogP contribution in [0.5, 0.6) is 0 Å². The second-order valence-corrected chi connectivity index (χ2v) is 7.17. The molecular weight excluding hydrogens is 395 g/mol. The molecule has 0 aliphatic heterocycles. The van der Waals surface area contributed by atoms with Gasteiger partial charge < -0.3 is 10.3 Å². The zero-order valence-electron chi connectivity index (χ0n) is 16.4. The van der Waals surface area contributed by atoms with E-state index in [-0.39, 0.29) is 29.5 Å². The Hall–Kier alpha value is -3.38. The molecule has 0 spiro atoms. The molecule has 0 bridgehead atoms. The maximum atomic E-state index is 12.8. The Morgan fingerprint density at radius 3 is 2.53 bits per heavy atom. The van der Waals surface area contributed by atoms with Crippen LogP contribution in [0.4, 0.5) is 18.9 Å². The van der Waals surface area contributed by atoms with Gasteiger partial charge in [0.1, 0.15) is 0 Å². The van der Waals surface area contributed by atoms with E-state index in [4.69, 9.17) is 5.26 Å². The number of aromatic nitrogens is 2. The third-order valence-corrected chi connectivity index (χ3v) is 4.58. The molecule has 1 heterocycles. The van der Waals surface area contributed by atoms with Crippen molar-refractivity contribution in [2.45, 2.75) is 32.6 Å². The van der Waals surface area contributed by atoms with Crippen LogP contribution in [0.2, 0.25) is 0 Å². The Bertz CT molecular complexity index is 1080. The number of benzene rings is 2. The molecule has 1 amide bonds. The van der Waals surface area contributed by atoms with Crippen molar-refractivity contribution >= 4 is 22.6 Å². The van der Waals surface area contributed by atoms with Crippen molar-refractivity contribution in [1.82, 2.24) is 14.9 Å². The third kappa shape index (κ3) is 5.15. The van der Waals surface area contributed by atoms with E-state index < -0.39 is 12.0 Å². The average Bonchev–Trinajstić information content (AvgIpc) is 3.12. The second-order valence-electron chi connectivity index (χ2n) is 7.17. The molecule has 0 radical (unpaired) electrons. The number of carbonyl (C=O) groups excluding carboxylic acids is 1. The number of carbonyl (C=O) groups is 1.